The first-order valence-electron chi connectivity index (χ1n) is 3.34. The Labute approximate surface area is 67.7 Å². The largest absolute Gasteiger partial charge is 0.453 e. The zero-order valence-corrected chi connectivity index (χ0v) is 7.07. The fourth-order valence-corrected chi connectivity index (χ4v) is 1.69. The lowest BCUT2D eigenvalue weighted by molar-refractivity contribution is 0.448. The van der Waals surface area contributed by atoms with E-state index in [-0.39, 0.29) is 0 Å². The van der Waals surface area contributed by atoms with Gasteiger partial charge in [0.2, 0.25) is 0 Å². The van der Waals surface area contributed by atoms with Crippen LogP contribution >= 0.6 is 15.9 Å². The monoisotopic (exact) mass is 201 g/mol. The normalized spacial score (nSPS) is 16.9. The summed E-state index contributed by atoms with van der Waals surface area (Å²) in [6, 6.07) is 2.05. The van der Waals surface area contributed by atoms with E-state index in [0.29, 0.717) is 0 Å². The van der Waals surface area contributed by atoms with Crippen molar-refractivity contribution in [1.29, 1.82) is 0 Å². The van der Waals surface area contributed by atoms with E-state index in [4.69, 9.17) is 4.42 Å². The maximum absolute atomic E-state index is 5.36. The van der Waals surface area contributed by atoms with E-state index in [0.717, 1.165) is 29.9 Å². The molecule has 0 saturated heterocycles. The first-order chi connectivity index (χ1) is 4.86. The molecular weight excluding hydrogens is 194 g/mol. The van der Waals surface area contributed by atoms with E-state index in [9.17, 15) is 0 Å². The highest BCUT2D eigenvalue weighted by Gasteiger charge is 2.12. The van der Waals surface area contributed by atoms with Crippen molar-refractivity contribution in [3.8, 4) is 0 Å². The quantitative estimate of drug-likeness (QED) is 0.692. The van der Waals surface area contributed by atoms with Gasteiger partial charge in [0.1, 0.15) is 5.76 Å². The lowest BCUT2D eigenvalue weighted by atomic mass is 10.1. The zero-order chi connectivity index (χ0) is 6.97. The van der Waals surface area contributed by atoms with Crippen LogP contribution in [0.1, 0.15) is 11.3 Å². The summed E-state index contributed by atoms with van der Waals surface area (Å²) in [6.07, 6.45) is 1.09. The minimum atomic E-state index is 0.848. The molecule has 0 fully saturated rings. The Bertz CT molecular complexity index is 220. The molecule has 0 unspecified atom stereocenters. The number of rotatable bonds is 0. The van der Waals surface area contributed by atoms with Gasteiger partial charge >= 0.3 is 0 Å². The smallest absolute Gasteiger partial charge is 0.169 e. The van der Waals surface area contributed by atoms with Gasteiger partial charge in [-0.15, -0.1) is 0 Å². The average Bonchev–Trinajstić information content (AvgIpc) is 2.27. The van der Waals surface area contributed by atoms with Crippen LogP contribution in [0.3, 0.4) is 0 Å². The molecule has 1 aromatic rings. The molecule has 0 aromatic carbocycles. The summed E-state index contributed by atoms with van der Waals surface area (Å²) in [5.74, 6) is 1.08. The molecule has 0 atom stereocenters. The molecule has 0 spiro atoms. The Hall–Kier alpha value is -0.280. The van der Waals surface area contributed by atoms with Crippen LogP contribution < -0.4 is 5.32 Å². The van der Waals surface area contributed by atoms with Crippen molar-refractivity contribution in [1.82, 2.24) is 5.32 Å². The third-order valence-electron chi connectivity index (χ3n) is 1.72. The Balaban J connectivity index is 2.41. The standard InChI is InChI=1S/C7H8BrNO/c8-7-3-5-1-2-9-4-6(5)10-7/h3,9H,1-2,4H2. The van der Waals surface area contributed by atoms with Gasteiger partial charge < -0.3 is 9.73 Å². The second-order valence-corrected chi connectivity index (χ2v) is 3.21. The van der Waals surface area contributed by atoms with E-state index in [2.05, 4.69) is 27.3 Å². The van der Waals surface area contributed by atoms with Gasteiger partial charge in [-0.1, -0.05) is 0 Å². The van der Waals surface area contributed by atoms with Gasteiger partial charge in [0.15, 0.2) is 4.67 Å². The number of furan rings is 1. The van der Waals surface area contributed by atoms with Crippen molar-refractivity contribution in [2.45, 2.75) is 13.0 Å². The lowest BCUT2D eigenvalue weighted by Gasteiger charge is -2.09. The molecule has 0 radical (unpaired) electrons. The third kappa shape index (κ3) is 0.995. The van der Waals surface area contributed by atoms with Crippen LogP contribution in [-0.2, 0) is 13.0 Å². The first kappa shape index (κ1) is 6.43. The minimum absolute atomic E-state index is 0.848. The van der Waals surface area contributed by atoms with Crippen LogP contribution in [0.15, 0.2) is 15.2 Å². The van der Waals surface area contributed by atoms with E-state index < -0.39 is 0 Å². The van der Waals surface area contributed by atoms with Gasteiger partial charge in [-0.2, -0.15) is 0 Å². The summed E-state index contributed by atoms with van der Waals surface area (Å²) in [4.78, 5) is 0. The Morgan fingerprint density at radius 3 is 3.30 bits per heavy atom. The van der Waals surface area contributed by atoms with Crippen molar-refractivity contribution in [3.63, 3.8) is 0 Å². The summed E-state index contributed by atoms with van der Waals surface area (Å²) in [7, 11) is 0. The fraction of sp³-hybridized carbons (Fsp3) is 0.429. The molecule has 0 amide bonds. The maximum atomic E-state index is 5.36. The highest BCUT2D eigenvalue weighted by Crippen LogP contribution is 2.22. The highest BCUT2D eigenvalue weighted by molar-refractivity contribution is 9.10. The molecule has 10 heavy (non-hydrogen) atoms. The number of halogens is 1. The molecule has 1 aliphatic rings. The molecule has 0 bridgehead atoms. The molecular formula is C7H8BrNO. The molecule has 1 N–H and O–H groups in total. The predicted molar refractivity (Wildman–Crippen MR) is 41.8 cm³/mol. The van der Waals surface area contributed by atoms with Gasteiger partial charge in [-0.05, 0) is 40.5 Å². The molecule has 0 aliphatic carbocycles. The van der Waals surface area contributed by atoms with Crippen LogP contribution in [0.4, 0.5) is 0 Å². The third-order valence-corrected chi connectivity index (χ3v) is 2.11. The maximum Gasteiger partial charge on any atom is 0.169 e. The Morgan fingerprint density at radius 2 is 2.50 bits per heavy atom. The SMILES string of the molecule is Brc1cc2c(o1)CNCC2. The molecule has 2 rings (SSSR count). The summed E-state index contributed by atoms with van der Waals surface area (Å²) >= 11 is 3.30. The number of hydrogen-bond acceptors (Lipinski definition) is 2. The Morgan fingerprint density at radius 1 is 1.60 bits per heavy atom. The molecule has 0 saturated carbocycles. The summed E-state index contributed by atoms with van der Waals surface area (Å²) in [6.45, 7) is 1.94. The summed E-state index contributed by atoms with van der Waals surface area (Å²) in [5, 5.41) is 3.24. The summed E-state index contributed by atoms with van der Waals surface area (Å²) in [5.41, 5.74) is 1.34. The van der Waals surface area contributed by atoms with Crippen molar-refractivity contribution in [2.75, 3.05) is 6.54 Å². The second kappa shape index (κ2) is 2.40. The lowest BCUT2D eigenvalue weighted by Crippen LogP contribution is -2.22. The van der Waals surface area contributed by atoms with E-state index in [1.165, 1.54) is 5.56 Å². The first-order valence-corrected chi connectivity index (χ1v) is 4.13. The second-order valence-electron chi connectivity index (χ2n) is 2.43. The topological polar surface area (TPSA) is 25.2 Å². The van der Waals surface area contributed by atoms with Gasteiger partial charge in [0.05, 0.1) is 6.54 Å². The van der Waals surface area contributed by atoms with Crippen molar-refractivity contribution < 1.29 is 4.42 Å². The number of fused-ring (bicyclic) bond motifs is 1. The van der Waals surface area contributed by atoms with Gasteiger partial charge in [-0.25, -0.2) is 0 Å². The molecule has 1 aromatic heterocycles. The van der Waals surface area contributed by atoms with Gasteiger partial charge in [-0.3, -0.25) is 0 Å². The van der Waals surface area contributed by atoms with E-state index in [1.807, 2.05) is 0 Å². The van der Waals surface area contributed by atoms with E-state index >= 15 is 0 Å². The molecule has 54 valence electrons. The van der Waals surface area contributed by atoms with Crippen molar-refractivity contribution >= 4 is 15.9 Å². The van der Waals surface area contributed by atoms with Crippen LogP contribution in [0.25, 0.3) is 0 Å². The molecule has 3 heteroatoms. The van der Waals surface area contributed by atoms with Crippen molar-refractivity contribution in [3.05, 3.63) is 22.1 Å². The molecule has 1 aliphatic heterocycles. The number of nitrogens with one attached hydrogen (secondary N) is 1. The highest BCUT2D eigenvalue weighted by atomic mass is 79.9. The van der Waals surface area contributed by atoms with Crippen LogP contribution in [-0.4, -0.2) is 6.54 Å². The predicted octanol–water partition coefficient (Wildman–Crippen LogP) is 1.69. The zero-order valence-electron chi connectivity index (χ0n) is 5.48. The molecule has 2 heterocycles. The number of hydrogen-bond donors (Lipinski definition) is 1. The van der Waals surface area contributed by atoms with Crippen LogP contribution in [0.2, 0.25) is 0 Å². The van der Waals surface area contributed by atoms with Crippen molar-refractivity contribution in [2.24, 2.45) is 0 Å². The van der Waals surface area contributed by atoms with E-state index in [1.54, 1.807) is 0 Å². The Kier molecular flexibility index (Phi) is 1.54. The van der Waals surface area contributed by atoms with Gasteiger partial charge in [0, 0.05) is 0 Å². The summed E-state index contributed by atoms with van der Waals surface area (Å²) < 4.78 is 6.21. The fourth-order valence-electron chi connectivity index (χ4n) is 1.22. The van der Waals surface area contributed by atoms with Crippen LogP contribution in [0.5, 0.6) is 0 Å². The van der Waals surface area contributed by atoms with Gasteiger partial charge in [0.25, 0.3) is 0 Å². The average molecular weight is 202 g/mol. The van der Waals surface area contributed by atoms with Crippen LogP contribution in [0, 0.1) is 0 Å². The minimum Gasteiger partial charge on any atom is -0.453 e. The molecule has 2 nitrogen and oxygen atoms in total.